The Labute approximate surface area is 104 Å². The van der Waals surface area contributed by atoms with Gasteiger partial charge in [0, 0.05) is 22.3 Å². The summed E-state index contributed by atoms with van der Waals surface area (Å²) >= 11 is 0. The van der Waals surface area contributed by atoms with E-state index in [2.05, 4.69) is 13.5 Å². The molecule has 0 aliphatic heterocycles. The van der Waals surface area contributed by atoms with Gasteiger partial charge in [0.2, 0.25) is 0 Å². The maximum absolute atomic E-state index is 11.3. The average Bonchev–Trinajstić information content (AvgIpc) is 2.27. The number of hydrogen-bond acceptors (Lipinski definition) is 1. The van der Waals surface area contributed by atoms with Crippen LogP contribution in [-0.2, 0) is 10.8 Å². The highest BCUT2D eigenvalue weighted by atomic mass is 32.2. The predicted octanol–water partition coefficient (Wildman–Crippen LogP) is 4.45. The van der Waals surface area contributed by atoms with Gasteiger partial charge >= 0.3 is 0 Å². The van der Waals surface area contributed by atoms with Crippen molar-refractivity contribution in [2.45, 2.75) is 64.7 Å². The molecule has 0 rings (SSSR count). The van der Waals surface area contributed by atoms with Gasteiger partial charge in [0.1, 0.15) is 0 Å². The van der Waals surface area contributed by atoms with Crippen LogP contribution in [0.15, 0.2) is 12.7 Å². The van der Waals surface area contributed by atoms with E-state index in [-0.39, 0.29) is 0 Å². The SMILES string of the molecule is C=CCS(=O)CCCCCCCCCCC. The van der Waals surface area contributed by atoms with Gasteiger partial charge < -0.3 is 0 Å². The molecule has 0 aromatic carbocycles. The van der Waals surface area contributed by atoms with Crippen molar-refractivity contribution in [1.29, 1.82) is 0 Å². The Bertz CT molecular complexity index is 178. The number of unbranched alkanes of at least 4 members (excludes halogenated alkanes) is 8. The van der Waals surface area contributed by atoms with E-state index in [0.29, 0.717) is 5.75 Å². The standard InChI is InChI=1S/C14H28OS/c1-3-5-6-7-8-9-10-11-12-14-16(15)13-4-2/h4H,2-3,5-14H2,1H3. The smallest absolute Gasteiger partial charge is 0.0412 e. The van der Waals surface area contributed by atoms with Gasteiger partial charge in [-0.25, -0.2) is 0 Å². The molecule has 1 nitrogen and oxygen atoms in total. The first-order valence-corrected chi connectivity index (χ1v) is 8.26. The highest BCUT2D eigenvalue weighted by Gasteiger charge is 1.96. The minimum Gasteiger partial charge on any atom is -0.259 e. The van der Waals surface area contributed by atoms with Crippen LogP contribution in [0.2, 0.25) is 0 Å². The van der Waals surface area contributed by atoms with Crippen LogP contribution in [0.1, 0.15) is 64.7 Å². The fraction of sp³-hybridized carbons (Fsp3) is 0.857. The average molecular weight is 244 g/mol. The van der Waals surface area contributed by atoms with E-state index in [9.17, 15) is 4.21 Å². The maximum atomic E-state index is 11.3. The predicted molar refractivity (Wildman–Crippen MR) is 75.3 cm³/mol. The lowest BCUT2D eigenvalue weighted by Crippen LogP contribution is -1.99. The van der Waals surface area contributed by atoms with Gasteiger partial charge in [-0.1, -0.05) is 64.4 Å². The van der Waals surface area contributed by atoms with Gasteiger partial charge in [0.15, 0.2) is 0 Å². The quantitative estimate of drug-likeness (QED) is 0.366. The van der Waals surface area contributed by atoms with Crippen molar-refractivity contribution >= 4 is 10.8 Å². The summed E-state index contributed by atoms with van der Waals surface area (Å²) in [6.45, 7) is 5.85. The lowest BCUT2D eigenvalue weighted by atomic mass is 10.1. The van der Waals surface area contributed by atoms with Crippen molar-refractivity contribution in [2.24, 2.45) is 0 Å². The molecular formula is C14H28OS. The molecule has 0 heterocycles. The van der Waals surface area contributed by atoms with Crippen LogP contribution < -0.4 is 0 Å². The summed E-state index contributed by atoms with van der Waals surface area (Å²) < 4.78 is 11.3. The van der Waals surface area contributed by atoms with Gasteiger partial charge in [0.25, 0.3) is 0 Å². The molecule has 0 spiro atoms. The molecule has 1 unspecified atom stereocenters. The Morgan fingerprint density at radius 1 is 0.938 bits per heavy atom. The molecule has 0 aromatic rings. The second-order valence-corrected chi connectivity index (χ2v) is 6.05. The summed E-state index contributed by atoms with van der Waals surface area (Å²) in [5.74, 6) is 1.53. The van der Waals surface area contributed by atoms with Gasteiger partial charge in [-0.05, 0) is 6.42 Å². The van der Waals surface area contributed by atoms with Crippen molar-refractivity contribution in [3.8, 4) is 0 Å². The van der Waals surface area contributed by atoms with Crippen LogP contribution in [0, 0.1) is 0 Å². The van der Waals surface area contributed by atoms with Crippen LogP contribution in [0.4, 0.5) is 0 Å². The van der Waals surface area contributed by atoms with E-state index < -0.39 is 10.8 Å². The van der Waals surface area contributed by atoms with Crippen LogP contribution in [0.5, 0.6) is 0 Å². The second-order valence-electron chi connectivity index (χ2n) is 4.43. The van der Waals surface area contributed by atoms with Crippen molar-refractivity contribution in [3.05, 3.63) is 12.7 Å². The molecule has 0 aromatic heterocycles. The summed E-state index contributed by atoms with van der Waals surface area (Å²) in [5.41, 5.74) is 0. The van der Waals surface area contributed by atoms with Crippen LogP contribution >= 0.6 is 0 Å². The lowest BCUT2D eigenvalue weighted by Gasteiger charge is -2.01. The zero-order valence-corrected chi connectivity index (χ0v) is 11.7. The molecule has 0 N–H and O–H groups in total. The molecule has 16 heavy (non-hydrogen) atoms. The molecule has 0 fully saturated rings. The first-order valence-electron chi connectivity index (χ1n) is 6.77. The Hall–Kier alpha value is -0.110. The van der Waals surface area contributed by atoms with Crippen LogP contribution in [0.3, 0.4) is 0 Å². The zero-order chi connectivity index (χ0) is 12.1. The van der Waals surface area contributed by atoms with Crippen LogP contribution in [-0.4, -0.2) is 15.7 Å². The molecule has 96 valence electrons. The summed E-state index contributed by atoms with van der Waals surface area (Å²) in [5, 5.41) is 0. The third kappa shape index (κ3) is 12.0. The Morgan fingerprint density at radius 2 is 1.44 bits per heavy atom. The summed E-state index contributed by atoms with van der Waals surface area (Å²) in [4.78, 5) is 0. The normalized spacial score (nSPS) is 12.6. The Kier molecular flexibility index (Phi) is 12.9. The van der Waals surface area contributed by atoms with Gasteiger partial charge in [-0.2, -0.15) is 0 Å². The minimum absolute atomic E-state index is 0.650. The highest BCUT2D eigenvalue weighted by Crippen LogP contribution is 2.09. The van der Waals surface area contributed by atoms with Crippen molar-refractivity contribution in [3.63, 3.8) is 0 Å². The summed E-state index contributed by atoms with van der Waals surface area (Å²) in [6, 6.07) is 0. The van der Waals surface area contributed by atoms with E-state index in [1.165, 1.54) is 51.4 Å². The lowest BCUT2D eigenvalue weighted by molar-refractivity contribution is 0.572. The molecule has 0 radical (unpaired) electrons. The number of hydrogen-bond donors (Lipinski definition) is 0. The molecule has 0 aliphatic rings. The topological polar surface area (TPSA) is 17.1 Å². The van der Waals surface area contributed by atoms with E-state index in [4.69, 9.17) is 0 Å². The van der Waals surface area contributed by atoms with Gasteiger partial charge in [-0.15, -0.1) is 6.58 Å². The first-order chi connectivity index (χ1) is 7.81. The van der Waals surface area contributed by atoms with E-state index in [0.717, 1.165) is 12.2 Å². The zero-order valence-electron chi connectivity index (χ0n) is 10.9. The molecule has 0 saturated heterocycles. The molecule has 0 aliphatic carbocycles. The van der Waals surface area contributed by atoms with E-state index >= 15 is 0 Å². The third-order valence-electron chi connectivity index (χ3n) is 2.78. The minimum atomic E-state index is -0.650. The van der Waals surface area contributed by atoms with Gasteiger partial charge in [-0.3, -0.25) is 4.21 Å². The largest absolute Gasteiger partial charge is 0.259 e. The summed E-state index contributed by atoms with van der Waals surface area (Å²) in [6.07, 6.45) is 13.7. The molecule has 1 atom stereocenters. The fourth-order valence-corrected chi connectivity index (χ4v) is 2.74. The monoisotopic (exact) mass is 244 g/mol. The maximum Gasteiger partial charge on any atom is 0.0412 e. The molecule has 0 amide bonds. The van der Waals surface area contributed by atoms with E-state index in [1.54, 1.807) is 6.08 Å². The van der Waals surface area contributed by atoms with Crippen molar-refractivity contribution in [1.82, 2.24) is 0 Å². The molecule has 0 saturated carbocycles. The first kappa shape index (κ1) is 15.9. The Morgan fingerprint density at radius 3 is 1.94 bits per heavy atom. The molecule has 2 heteroatoms. The van der Waals surface area contributed by atoms with Crippen molar-refractivity contribution < 1.29 is 4.21 Å². The van der Waals surface area contributed by atoms with Crippen molar-refractivity contribution in [2.75, 3.05) is 11.5 Å². The second kappa shape index (κ2) is 13.0. The summed E-state index contributed by atoms with van der Waals surface area (Å²) in [7, 11) is -0.650. The fourth-order valence-electron chi connectivity index (χ4n) is 1.79. The highest BCUT2D eigenvalue weighted by molar-refractivity contribution is 7.85. The third-order valence-corrected chi connectivity index (χ3v) is 4.13. The van der Waals surface area contributed by atoms with Crippen LogP contribution in [0.25, 0.3) is 0 Å². The molecule has 0 bridgehead atoms. The van der Waals surface area contributed by atoms with E-state index in [1.807, 2.05) is 0 Å². The molecular weight excluding hydrogens is 216 g/mol. The van der Waals surface area contributed by atoms with Gasteiger partial charge in [0.05, 0.1) is 0 Å². The number of rotatable bonds is 12. The Balaban J connectivity index is 3.03.